The summed E-state index contributed by atoms with van der Waals surface area (Å²) in [5, 5.41) is 9.15. The van der Waals surface area contributed by atoms with Gasteiger partial charge in [0.1, 0.15) is 0 Å². The Labute approximate surface area is 96.1 Å². The maximum atomic E-state index is 13.8. The van der Waals surface area contributed by atoms with Gasteiger partial charge in [-0.3, -0.25) is 0 Å². The van der Waals surface area contributed by atoms with E-state index in [1.54, 1.807) is 0 Å². The number of hydrogen-bond acceptors (Lipinski definition) is 2. The summed E-state index contributed by atoms with van der Waals surface area (Å²) in [5.41, 5.74) is 1.65. The van der Waals surface area contributed by atoms with Crippen LogP contribution in [0.2, 0.25) is 0 Å². The van der Waals surface area contributed by atoms with E-state index < -0.39 is 0 Å². The topological polar surface area (TPSA) is 29.5 Å². The minimum absolute atomic E-state index is 0.0165. The monoisotopic (exact) mass is 226 g/mol. The Hall–Kier alpha value is -1.09. The molecule has 0 radical (unpaired) electrons. The van der Waals surface area contributed by atoms with Crippen LogP contribution in [-0.4, -0.2) is 18.8 Å². The molecule has 0 bridgehead atoms. The first-order valence-corrected chi connectivity index (χ1v) is 5.49. The molecule has 0 aromatic heterocycles. The lowest BCUT2D eigenvalue weighted by Crippen LogP contribution is -2.05. The summed E-state index contributed by atoms with van der Waals surface area (Å²) >= 11 is 0. The molecule has 1 aromatic rings. The van der Waals surface area contributed by atoms with Gasteiger partial charge in [0.15, 0.2) is 11.6 Å². The maximum absolute atomic E-state index is 13.8. The van der Waals surface area contributed by atoms with Crippen LogP contribution >= 0.6 is 0 Å². The Morgan fingerprint density at radius 2 is 1.94 bits per heavy atom. The van der Waals surface area contributed by atoms with Crippen LogP contribution in [-0.2, 0) is 0 Å². The van der Waals surface area contributed by atoms with E-state index in [2.05, 4.69) is 0 Å². The third kappa shape index (κ3) is 2.53. The molecule has 1 rings (SSSR count). The van der Waals surface area contributed by atoms with Crippen molar-refractivity contribution in [2.45, 2.75) is 32.6 Å². The van der Waals surface area contributed by atoms with Crippen molar-refractivity contribution < 1.29 is 14.2 Å². The lowest BCUT2D eigenvalue weighted by Gasteiger charge is -2.17. The molecule has 90 valence electrons. The average molecular weight is 226 g/mol. The van der Waals surface area contributed by atoms with Crippen LogP contribution in [0, 0.1) is 5.82 Å². The number of aliphatic hydroxyl groups is 1. The number of methoxy groups -OCH3 is 1. The zero-order chi connectivity index (χ0) is 12.3. The largest absolute Gasteiger partial charge is 0.493 e. The molecule has 0 amide bonds. The number of rotatable bonds is 4. The molecule has 0 aliphatic carbocycles. The van der Waals surface area contributed by atoms with Gasteiger partial charge in [0, 0.05) is 18.1 Å². The van der Waals surface area contributed by atoms with Crippen molar-refractivity contribution in [1.29, 1.82) is 0 Å². The molecule has 16 heavy (non-hydrogen) atoms. The quantitative estimate of drug-likeness (QED) is 0.855. The van der Waals surface area contributed by atoms with E-state index in [4.69, 9.17) is 9.84 Å². The Morgan fingerprint density at radius 1 is 1.31 bits per heavy atom. The SMILES string of the molecule is COc1c(F)cc(C(C)C)cc1C(C)CO. The summed E-state index contributed by atoms with van der Waals surface area (Å²) in [6, 6.07) is 3.41. The Bertz CT molecular complexity index is 361. The van der Waals surface area contributed by atoms with Gasteiger partial charge < -0.3 is 9.84 Å². The summed E-state index contributed by atoms with van der Waals surface area (Å²) in [4.78, 5) is 0. The van der Waals surface area contributed by atoms with Crippen LogP contribution in [0.1, 0.15) is 43.7 Å². The first-order valence-electron chi connectivity index (χ1n) is 5.49. The molecular formula is C13H19FO2. The molecule has 2 nitrogen and oxygen atoms in total. The predicted octanol–water partition coefficient (Wildman–Crippen LogP) is 3.05. The highest BCUT2D eigenvalue weighted by atomic mass is 19.1. The molecule has 0 spiro atoms. The molecule has 0 aliphatic heterocycles. The third-order valence-corrected chi connectivity index (χ3v) is 2.77. The Kier molecular flexibility index (Phi) is 4.30. The minimum atomic E-state index is -0.357. The number of benzene rings is 1. The van der Waals surface area contributed by atoms with E-state index in [1.807, 2.05) is 26.8 Å². The molecule has 1 unspecified atom stereocenters. The molecule has 0 saturated carbocycles. The summed E-state index contributed by atoms with van der Waals surface area (Å²) in [6.07, 6.45) is 0. The second-order valence-corrected chi connectivity index (χ2v) is 4.36. The zero-order valence-corrected chi connectivity index (χ0v) is 10.2. The van der Waals surface area contributed by atoms with Gasteiger partial charge in [-0.25, -0.2) is 4.39 Å². The van der Waals surface area contributed by atoms with Crippen molar-refractivity contribution in [2.24, 2.45) is 0 Å². The van der Waals surface area contributed by atoms with Gasteiger partial charge in [-0.15, -0.1) is 0 Å². The second kappa shape index (κ2) is 5.30. The number of halogens is 1. The van der Waals surface area contributed by atoms with Crippen LogP contribution < -0.4 is 4.74 Å². The standard InChI is InChI=1S/C13H19FO2/c1-8(2)10-5-11(9(3)7-15)13(16-4)12(14)6-10/h5-6,8-9,15H,7H2,1-4H3. The highest BCUT2D eigenvalue weighted by molar-refractivity contribution is 5.42. The van der Waals surface area contributed by atoms with Crippen molar-refractivity contribution in [3.63, 3.8) is 0 Å². The van der Waals surface area contributed by atoms with Gasteiger partial charge in [0.05, 0.1) is 7.11 Å². The van der Waals surface area contributed by atoms with Crippen LogP contribution in [0.5, 0.6) is 5.75 Å². The molecule has 0 fully saturated rings. The van der Waals surface area contributed by atoms with Gasteiger partial charge in [0.25, 0.3) is 0 Å². The van der Waals surface area contributed by atoms with Gasteiger partial charge in [-0.1, -0.05) is 26.8 Å². The van der Waals surface area contributed by atoms with Crippen molar-refractivity contribution in [3.8, 4) is 5.75 Å². The fraction of sp³-hybridized carbons (Fsp3) is 0.538. The van der Waals surface area contributed by atoms with Crippen LogP contribution in [0.15, 0.2) is 12.1 Å². The van der Waals surface area contributed by atoms with Gasteiger partial charge in [0.2, 0.25) is 0 Å². The second-order valence-electron chi connectivity index (χ2n) is 4.36. The van der Waals surface area contributed by atoms with Crippen molar-refractivity contribution in [3.05, 3.63) is 29.1 Å². The summed E-state index contributed by atoms with van der Waals surface area (Å²) < 4.78 is 18.8. The predicted molar refractivity (Wildman–Crippen MR) is 62.5 cm³/mol. The minimum Gasteiger partial charge on any atom is -0.493 e. The first-order chi connectivity index (χ1) is 7.51. The molecular weight excluding hydrogens is 207 g/mol. The Morgan fingerprint density at radius 3 is 2.38 bits per heavy atom. The fourth-order valence-corrected chi connectivity index (χ4v) is 1.65. The number of ether oxygens (including phenoxy) is 1. The van der Waals surface area contributed by atoms with Gasteiger partial charge >= 0.3 is 0 Å². The summed E-state index contributed by atoms with van der Waals surface area (Å²) in [5.74, 6) is 0.0168. The molecule has 1 N–H and O–H groups in total. The van der Waals surface area contributed by atoms with Crippen molar-refractivity contribution in [2.75, 3.05) is 13.7 Å². The van der Waals surface area contributed by atoms with E-state index in [0.29, 0.717) is 0 Å². The molecule has 1 atom stereocenters. The summed E-state index contributed by atoms with van der Waals surface area (Å²) in [7, 11) is 1.45. The highest BCUT2D eigenvalue weighted by Crippen LogP contribution is 2.32. The maximum Gasteiger partial charge on any atom is 0.165 e. The van der Waals surface area contributed by atoms with E-state index in [0.717, 1.165) is 11.1 Å². The van der Waals surface area contributed by atoms with E-state index in [9.17, 15) is 4.39 Å². The van der Waals surface area contributed by atoms with Crippen molar-refractivity contribution in [1.82, 2.24) is 0 Å². The van der Waals surface area contributed by atoms with E-state index in [1.165, 1.54) is 13.2 Å². The molecule has 1 aromatic carbocycles. The molecule has 3 heteroatoms. The average Bonchev–Trinajstić information content (AvgIpc) is 2.26. The van der Waals surface area contributed by atoms with Crippen LogP contribution in [0.25, 0.3) is 0 Å². The molecule has 0 aliphatic rings. The third-order valence-electron chi connectivity index (χ3n) is 2.77. The smallest absolute Gasteiger partial charge is 0.165 e. The highest BCUT2D eigenvalue weighted by Gasteiger charge is 2.17. The zero-order valence-electron chi connectivity index (χ0n) is 10.2. The molecule has 0 saturated heterocycles. The van der Waals surface area contributed by atoms with Gasteiger partial charge in [-0.2, -0.15) is 0 Å². The van der Waals surface area contributed by atoms with Crippen LogP contribution in [0.4, 0.5) is 4.39 Å². The van der Waals surface area contributed by atoms with E-state index in [-0.39, 0.29) is 30.0 Å². The molecule has 0 heterocycles. The number of hydrogen-bond donors (Lipinski definition) is 1. The van der Waals surface area contributed by atoms with Crippen LogP contribution in [0.3, 0.4) is 0 Å². The number of aliphatic hydroxyl groups excluding tert-OH is 1. The fourth-order valence-electron chi connectivity index (χ4n) is 1.65. The Balaban J connectivity index is 3.30. The van der Waals surface area contributed by atoms with E-state index >= 15 is 0 Å². The normalized spacial score (nSPS) is 12.9. The lowest BCUT2D eigenvalue weighted by molar-refractivity contribution is 0.268. The first kappa shape index (κ1) is 13.0. The van der Waals surface area contributed by atoms with Gasteiger partial charge in [-0.05, 0) is 17.5 Å². The van der Waals surface area contributed by atoms with Crippen molar-refractivity contribution >= 4 is 0 Å². The lowest BCUT2D eigenvalue weighted by atomic mass is 9.94. The summed E-state index contributed by atoms with van der Waals surface area (Å²) in [6.45, 7) is 5.85.